The zero-order chi connectivity index (χ0) is 34.9. The zero-order valence-electron chi connectivity index (χ0n) is 28.5. The molecule has 0 saturated carbocycles. The van der Waals surface area contributed by atoms with Crippen molar-refractivity contribution in [2.45, 2.75) is 0 Å². The molecular formula is C49H29N3S. The number of rotatable bonds is 4. The molecule has 0 fully saturated rings. The van der Waals surface area contributed by atoms with Crippen LogP contribution in [0.25, 0.3) is 109 Å². The number of hydrogen-bond donors (Lipinski definition) is 0. The van der Waals surface area contributed by atoms with Crippen LogP contribution in [-0.4, -0.2) is 15.0 Å². The van der Waals surface area contributed by atoms with Crippen molar-refractivity contribution >= 4 is 74.6 Å². The topological polar surface area (TPSA) is 38.7 Å². The van der Waals surface area contributed by atoms with E-state index in [4.69, 9.17) is 15.0 Å². The summed E-state index contributed by atoms with van der Waals surface area (Å²) in [7, 11) is 0. The van der Waals surface area contributed by atoms with E-state index in [-0.39, 0.29) is 0 Å². The van der Waals surface area contributed by atoms with E-state index in [1.807, 2.05) is 11.3 Å². The lowest BCUT2D eigenvalue weighted by Crippen LogP contribution is -2.00. The number of aromatic nitrogens is 3. The largest absolute Gasteiger partial charge is 0.208 e. The number of benzene rings is 9. The summed E-state index contributed by atoms with van der Waals surface area (Å²) < 4.78 is 2.50. The Morgan fingerprint density at radius 3 is 1.74 bits per heavy atom. The molecule has 53 heavy (non-hydrogen) atoms. The molecule has 4 heteroatoms. The van der Waals surface area contributed by atoms with Gasteiger partial charge in [0.2, 0.25) is 0 Å². The molecule has 0 aliphatic carbocycles. The minimum absolute atomic E-state index is 0.649. The van der Waals surface area contributed by atoms with Gasteiger partial charge in [0.25, 0.3) is 0 Å². The molecule has 0 bridgehead atoms. The predicted molar refractivity (Wildman–Crippen MR) is 224 cm³/mol. The molecule has 11 aromatic rings. The van der Waals surface area contributed by atoms with E-state index in [0.29, 0.717) is 17.5 Å². The van der Waals surface area contributed by atoms with Crippen molar-refractivity contribution in [1.82, 2.24) is 15.0 Å². The third-order valence-corrected chi connectivity index (χ3v) is 11.7. The van der Waals surface area contributed by atoms with E-state index in [2.05, 4.69) is 176 Å². The third kappa shape index (κ3) is 4.91. The molecular weight excluding hydrogens is 663 g/mol. The molecule has 11 rings (SSSR count). The van der Waals surface area contributed by atoms with Crippen LogP contribution in [0.4, 0.5) is 0 Å². The third-order valence-electron chi connectivity index (χ3n) is 10.5. The smallest absolute Gasteiger partial charge is 0.164 e. The highest BCUT2D eigenvalue weighted by Gasteiger charge is 2.19. The summed E-state index contributed by atoms with van der Waals surface area (Å²) in [6.45, 7) is 0. The van der Waals surface area contributed by atoms with Crippen LogP contribution in [0.1, 0.15) is 0 Å². The van der Waals surface area contributed by atoms with Crippen LogP contribution < -0.4 is 0 Å². The molecule has 246 valence electrons. The first kappa shape index (κ1) is 29.9. The Balaban J connectivity index is 1.12. The van der Waals surface area contributed by atoms with Crippen molar-refractivity contribution in [3.63, 3.8) is 0 Å². The Hall–Kier alpha value is -6.75. The van der Waals surface area contributed by atoms with Crippen molar-refractivity contribution in [2.24, 2.45) is 0 Å². The van der Waals surface area contributed by atoms with E-state index < -0.39 is 0 Å². The summed E-state index contributed by atoms with van der Waals surface area (Å²) >= 11 is 1.85. The molecule has 0 spiro atoms. The lowest BCUT2D eigenvalue weighted by molar-refractivity contribution is 1.08. The van der Waals surface area contributed by atoms with Gasteiger partial charge in [0.1, 0.15) is 0 Å². The Morgan fingerprint density at radius 1 is 0.321 bits per heavy atom. The van der Waals surface area contributed by atoms with Gasteiger partial charge < -0.3 is 0 Å². The van der Waals surface area contributed by atoms with Crippen LogP contribution >= 0.6 is 11.3 Å². The second-order valence-corrected chi connectivity index (χ2v) is 14.6. The van der Waals surface area contributed by atoms with E-state index >= 15 is 0 Å². The summed E-state index contributed by atoms with van der Waals surface area (Å²) in [5.74, 6) is 1.97. The molecule has 0 amide bonds. The zero-order valence-corrected chi connectivity index (χ0v) is 29.3. The maximum absolute atomic E-state index is 5.25. The molecule has 2 aromatic heterocycles. The Morgan fingerprint density at radius 2 is 0.887 bits per heavy atom. The Labute approximate surface area is 309 Å². The lowest BCUT2D eigenvalue weighted by atomic mass is 9.97. The number of thiophene rings is 1. The molecule has 0 N–H and O–H groups in total. The van der Waals surface area contributed by atoms with Gasteiger partial charge in [-0.05, 0) is 61.0 Å². The first-order valence-electron chi connectivity index (χ1n) is 17.9. The number of hydrogen-bond acceptors (Lipinski definition) is 4. The normalized spacial score (nSPS) is 11.8. The second kappa shape index (κ2) is 11.9. The van der Waals surface area contributed by atoms with Crippen LogP contribution in [0.15, 0.2) is 176 Å². The van der Waals surface area contributed by atoms with Gasteiger partial charge in [0, 0.05) is 42.2 Å². The summed E-state index contributed by atoms with van der Waals surface area (Å²) in [6.07, 6.45) is 0. The summed E-state index contributed by atoms with van der Waals surface area (Å²) in [5.41, 5.74) is 5.27. The maximum atomic E-state index is 5.25. The fraction of sp³-hybridized carbons (Fsp3) is 0. The van der Waals surface area contributed by atoms with E-state index in [0.717, 1.165) is 27.6 Å². The number of nitrogens with zero attached hydrogens (tertiary/aromatic N) is 3. The van der Waals surface area contributed by atoms with Crippen molar-refractivity contribution < 1.29 is 0 Å². The van der Waals surface area contributed by atoms with Gasteiger partial charge >= 0.3 is 0 Å². The fourth-order valence-electron chi connectivity index (χ4n) is 7.92. The molecule has 0 radical (unpaired) electrons. The summed E-state index contributed by atoms with van der Waals surface area (Å²) in [4.78, 5) is 15.6. The Bertz CT molecular complexity index is 3230. The average Bonchev–Trinajstić information content (AvgIpc) is 3.62. The van der Waals surface area contributed by atoms with Gasteiger partial charge in [-0.3, -0.25) is 0 Å². The molecule has 0 aliphatic heterocycles. The molecule has 0 aliphatic rings. The monoisotopic (exact) mass is 691 g/mol. The van der Waals surface area contributed by atoms with Crippen molar-refractivity contribution in [3.8, 4) is 45.3 Å². The number of fused-ring (bicyclic) bond motifs is 9. The standard InChI is InChI=1S/C49H29N3S/c1-2-12-36-29-37(26-19-30(36)9-1)48-50-47(35-24-21-33(22-25-35)39-16-7-13-31-10-3-5-14-38(31)39)51-49(52-48)42-17-8-18-43-45(42)41-28-27-34-23-20-32-11-4-6-15-40(32)44(34)46(41)53-43/h1-29H. The van der Waals surface area contributed by atoms with Crippen molar-refractivity contribution in [3.05, 3.63) is 176 Å². The van der Waals surface area contributed by atoms with Crippen LogP contribution in [0.3, 0.4) is 0 Å². The van der Waals surface area contributed by atoms with E-state index in [9.17, 15) is 0 Å². The van der Waals surface area contributed by atoms with Crippen molar-refractivity contribution in [1.29, 1.82) is 0 Å². The van der Waals surface area contributed by atoms with Crippen molar-refractivity contribution in [2.75, 3.05) is 0 Å². The molecule has 9 aromatic carbocycles. The van der Waals surface area contributed by atoms with Gasteiger partial charge in [-0.15, -0.1) is 11.3 Å². The van der Waals surface area contributed by atoms with Crippen LogP contribution in [-0.2, 0) is 0 Å². The molecule has 3 nitrogen and oxygen atoms in total. The quantitative estimate of drug-likeness (QED) is 0.172. The fourth-order valence-corrected chi connectivity index (χ4v) is 9.21. The second-order valence-electron chi connectivity index (χ2n) is 13.6. The summed E-state index contributed by atoms with van der Waals surface area (Å²) in [5, 5.41) is 12.3. The maximum Gasteiger partial charge on any atom is 0.164 e. The highest BCUT2D eigenvalue weighted by atomic mass is 32.1. The molecule has 0 unspecified atom stereocenters. The van der Waals surface area contributed by atoms with Crippen LogP contribution in [0.2, 0.25) is 0 Å². The highest BCUT2D eigenvalue weighted by Crippen LogP contribution is 2.44. The lowest BCUT2D eigenvalue weighted by Gasteiger charge is -2.11. The van der Waals surface area contributed by atoms with Crippen LogP contribution in [0.5, 0.6) is 0 Å². The minimum Gasteiger partial charge on any atom is -0.208 e. The summed E-state index contributed by atoms with van der Waals surface area (Å²) in [6, 6.07) is 62.7. The van der Waals surface area contributed by atoms with Gasteiger partial charge in [0.05, 0.1) is 0 Å². The van der Waals surface area contributed by atoms with Gasteiger partial charge in [0.15, 0.2) is 17.5 Å². The Kier molecular flexibility index (Phi) is 6.73. The highest BCUT2D eigenvalue weighted by molar-refractivity contribution is 7.27. The van der Waals surface area contributed by atoms with Gasteiger partial charge in [-0.1, -0.05) is 164 Å². The predicted octanol–water partition coefficient (Wildman–Crippen LogP) is 13.5. The van der Waals surface area contributed by atoms with Gasteiger partial charge in [-0.2, -0.15) is 0 Å². The van der Waals surface area contributed by atoms with E-state index in [1.54, 1.807) is 0 Å². The minimum atomic E-state index is 0.649. The first-order valence-corrected chi connectivity index (χ1v) is 18.7. The van der Waals surface area contributed by atoms with E-state index in [1.165, 1.54) is 63.4 Å². The SMILES string of the molecule is c1ccc2cc(-c3nc(-c4ccc(-c5cccc6ccccc56)cc4)nc(-c4cccc5sc6c(ccc7ccc8ccccc8c76)c45)n3)ccc2c1. The first-order chi connectivity index (χ1) is 26.2. The molecule has 0 saturated heterocycles. The average molecular weight is 692 g/mol. The molecule has 0 atom stereocenters. The van der Waals surface area contributed by atoms with Gasteiger partial charge in [-0.25, -0.2) is 15.0 Å². The van der Waals surface area contributed by atoms with Crippen LogP contribution in [0, 0.1) is 0 Å². The molecule has 2 heterocycles.